The van der Waals surface area contributed by atoms with Gasteiger partial charge < -0.3 is 10.6 Å². The highest BCUT2D eigenvalue weighted by Gasteiger charge is 2.49. The molecule has 1 aromatic rings. The number of benzene rings is 1. The molecule has 2 fully saturated rings. The van der Waals surface area contributed by atoms with Gasteiger partial charge in [0.05, 0.1) is 0 Å². The maximum Gasteiger partial charge on any atom is 0.334 e. The first-order valence-corrected chi connectivity index (χ1v) is 9.64. The lowest BCUT2D eigenvalue weighted by Gasteiger charge is -2.34. The Morgan fingerprint density at radius 1 is 1.10 bits per heavy atom. The summed E-state index contributed by atoms with van der Waals surface area (Å²) >= 11 is 0. The van der Waals surface area contributed by atoms with Crippen molar-refractivity contribution < 1.29 is 24.0 Å². The number of carbonyl (C=O) groups excluding carboxylic acids is 5. The fourth-order valence-corrected chi connectivity index (χ4v) is 3.86. The highest BCUT2D eigenvalue weighted by Crippen LogP contribution is 2.31. The minimum Gasteiger partial charge on any atom is -0.355 e. The predicted molar refractivity (Wildman–Crippen MR) is 104 cm³/mol. The molecule has 1 aromatic carbocycles. The molecular formula is C20H24N4O5. The van der Waals surface area contributed by atoms with Crippen LogP contribution >= 0.6 is 0 Å². The van der Waals surface area contributed by atoms with Gasteiger partial charge in [0.15, 0.2) is 0 Å². The third kappa shape index (κ3) is 4.13. The highest BCUT2D eigenvalue weighted by molar-refractivity contribution is 6.45. The molecule has 6 amide bonds. The largest absolute Gasteiger partial charge is 0.355 e. The lowest BCUT2D eigenvalue weighted by Crippen LogP contribution is -2.46. The van der Waals surface area contributed by atoms with Gasteiger partial charge in [-0.2, -0.15) is 0 Å². The van der Waals surface area contributed by atoms with Gasteiger partial charge >= 0.3 is 17.8 Å². The molecule has 0 aromatic heterocycles. The molecule has 1 saturated heterocycles. The monoisotopic (exact) mass is 400 g/mol. The molecule has 1 saturated carbocycles. The Morgan fingerprint density at radius 2 is 1.83 bits per heavy atom. The molecule has 0 spiro atoms. The molecule has 0 radical (unpaired) electrons. The Bertz CT molecular complexity index is 868. The molecule has 2 aliphatic rings. The molecule has 0 bridgehead atoms. The van der Waals surface area contributed by atoms with E-state index in [0.29, 0.717) is 22.6 Å². The zero-order valence-corrected chi connectivity index (χ0v) is 16.4. The second kappa shape index (κ2) is 8.42. The second-order valence-electron chi connectivity index (χ2n) is 7.39. The molecule has 9 heteroatoms. The summed E-state index contributed by atoms with van der Waals surface area (Å²) in [5, 5.41) is 5.04. The average Bonchev–Trinajstić information content (AvgIpc) is 2.91. The Hall–Kier alpha value is -3.23. The topological polar surface area (TPSA) is 116 Å². The number of anilines is 1. The Balaban J connectivity index is 1.69. The summed E-state index contributed by atoms with van der Waals surface area (Å²) in [5.74, 6) is -2.68. The molecule has 154 valence electrons. The van der Waals surface area contributed by atoms with E-state index in [9.17, 15) is 24.0 Å². The number of hydrogen-bond acceptors (Lipinski definition) is 5. The van der Waals surface area contributed by atoms with Crippen molar-refractivity contribution in [2.75, 3.05) is 18.9 Å². The van der Waals surface area contributed by atoms with Gasteiger partial charge in [-0.05, 0) is 37.0 Å². The van der Waals surface area contributed by atoms with Crippen LogP contribution in [0.3, 0.4) is 0 Å². The van der Waals surface area contributed by atoms with Gasteiger partial charge in [0, 0.05) is 24.3 Å². The number of imide groups is 2. The van der Waals surface area contributed by atoms with E-state index in [1.807, 2.05) is 6.92 Å². The van der Waals surface area contributed by atoms with E-state index in [4.69, 9.17) is 0 Å². The van der Waals surface area contributed by atoms with Crippen LogP contribution in [0.4, 0.5) is 10.5 Å². The van der Waals surface area contributed by atoms with Crippen molar-refractivity contribution in [1.82, 2.24) is 15.1 Å². The maximum atomic E-state index is 12.7. The first-order valence-electron chi connectivity index (χ1n) is 9.64. The summed E-state index contributed by atoms with van der Waals surface area (Å²) in [4.78, 5) is 63.2. The SMILES string of the molecule is CNC(=O)c1cccc(NC(=O)CN2C(=O)C(=O)N([C@H]3CCCC[C@@H]3C)C2=O)c1. The van der Waals surface area contributed by atoms with E-state index in [1.165, 1.54) is 13.1 Å². The zero-order valence-electron chi connectivity index (χ0n) is 16.4. The first-order chi connectivity index (χ1) is 13.8. The summed E-state index contributed by atoms with van der Waals surface area (Å²) in [7, 11) is 1.49. The van der Waals surface area contributed by atoms with Crippen molar-refractivity contribution in [3.8, 4) is 0 Å². The normalized spacial score (nSPS) is 22.1. The van der Waals surface area contributed by atoms with Crippen molar-refractivity contribution >= 4 is 35.3 Å². The first kappa shape index (κ1) is 20.5. The van der Waals surface area contributed by atoms with E-state index in [2.05, 4.69) is 10.6 Å². The van der Waals surface area contributed by atoms with E-state index in [-0.39, 0.29) is 17.9 Å². The Labute approximate surface area is 168 Å². The van der Waals surface area contributed by atoms with Gasteiger partial charge in [0.1, 0.15) is 6.54 Å². The minimum atomic E-state index is -0.984. The Morgan fingerprint density at radius 3 is 2.52 bits per heavy atom. The molecule has 1 heterocycles. The average molecular weight is 400 g/mol. The van der Waals surface area contributed by atoms with Gasteiger partial charge in [-0.25, -0.2) is 9.69 Å². The van der Waals surface area contributed by atoms with Crippen LogP contribution in [0.5, 0.6) is 0 Å². The third-order valence-corrected chi connectivity index (χ3v) is 5.42. The Kier molecular flexibility index (Phi) is 5.95. The number of amides is 6. The van der Waals surface area contributed by atoms with Crippen molar-refractivity contribution in [2.24, 2.45) is 5.92 Å². The van der Waals surface area contributed by atoms with Crippen LogP contribution < -0.4 is 10.6 Å². The summed E-state index contributed by atoms with van der Waals surface area (Å²) in [5.41, 5.74) is 0.700. The van der Waals surface area contributed by atoms with Crippen molar-refractivity contribution in [3.05, 3.63) is 29.8 Å². The summed E-state index contributed by atoms with van der Waals surface area (Å²) < 4.78 is 0. The molecule has 0 unspecified atom stereocenters. The van der Waals surface area contributed by atoms with E-state index in [1.54, 1.807) is 18.2 Å². The summed E-state index contributed by atoms with van der Waals surface area (Å²) in [6.07, 6.45) is 3.47. The quantitative estimate of drug-likeness (QED) is 0.572. The van der Waals surface area contributed by atoms with Gasteiger partial charge in [0.2, 0.25) is 5.91 Å². The third-order valence-electron chi connectivity index (χ3n) is 5.42. The number of nitrogens with one attached hydrogen (secondary N) is 2. The van der Waals surface area contributed by atoms with Gasteiger partial charge in [-0.15, -0.1) is 0 Å². The van der Waals surface area contributed by atoms with Gasteiger partial charge in [-0.1, -0.05) is 25.8 Å². The number of urea groups is 1. The van der Waals surface area contributed by atoms with Crippen molar-refractivity contribution in [1.29, 1.82) is 0 Å². The van der Waals surface area contributed by atoms with Crippen LogP contribution in [0, 0.1) is 5.92 Å². The number of nitrogens with zero attached hydrogens (tertiary/aromatic N) is 2. The van der Waals surface area contributed by atoms with Crippen LogP contribution in [0.15, 0.2) is 24.3 Å². The minimum absolute atomic E-state index is 0.116. The second-order valence-corrected chi connectivity index (χ2v) is 7.39. The molecule has 1 aliphatic heterocycles. The van der Waals surface area contributed by atoms with Gasteiger partial charge in [0.25, 0.3) is 5.91 Å². The molecule has 29 heavy (non-hydrogen) atoms. The maximum absolute atomic E-state index is 12.7. The molecule has 1 aliphatic carbocycles. The molecular weight excluding hydrogens is 376 g/mol. The van der Waals surface area contributed by atoms with Crippen LogP contribution in [-0.4, -0.2) is 59.1 Å². The van der Waals surface area contributed by atoms with Crippen molar-refractivity contribution in [2.45, 2.75) is 38.6 Å². The van der Waals surface area contributed by atoms with Crippen LogP contribution in [-0.2, 0) is 14.4 Å². The number of rotatable bonds is 5. The fraction of sp³-hybridized carbons (Fsp3) is 0.450. The van der Waals surface area contributed by atoms with E-state index in [0.717, 1.165) is 24.2 Å². The fourth-order valence-electron chi connectivity index (χ4n) is 3.86. The molecule has 2 atom stereocenters. The predicted octanol–water partition coefficient (Wildman–Crippen LogP) is 1.35. The van der Waals surface area contributed by atoms with Crippen LogP contribution in [0.1, 0.15) is 43.0 Å². The number of hydrogen-bond donors (Lipinski definition) is 2. The molecule has 3 rings (SSSR count). The lowest BCUT2D eigenvalue weighted by atomic mass is 9.85. The zero-order chi connectivity index (χ0) is 21.1. The van der Waals surface area contributed by atoms with Crippen LogP contribution in [0.25, 0.3) is 0 Å². The van der Waals surface area contributed by atoms with Crippen molar-refractivity contribution in [3.63, 3.8) is 0 Å². The van der Waals surface area contributed by atoms with Crippen LogP contribution in [0.2, 0.25) is 0 Å². The summed E-state index contributed by atoms with van der Waals surface area (Å²) in [6.45, 7) is 1.40. The van der Waals surface area contributed by atoms with E-state index < -0.39 is 30.3 Å². The molecule has 2 N–H and O–H groups in total. The van der Waals surface area contributed by atoms with Gasteiger partial charge in [-0.3, -0.25) is 24.1 Å². The smallest absolute Gasteiger partial charge is 0.334 e. The highest BCUT2D eigenvalue weighted by atomic mass is 16.2. The molecule has 9 nitrogen and oxygen atoms in total. The van der Waals surface area contributed by atoms with E-state index >= 15 is 0 Å². The summed E-state index contributed by atoms with van der Waals surface area (Å²) in [6, 6.07) is 5.19. The standard InChI is InChI=1S/C20H24N4O5/c1-12-6-3-4-9-15(12)24-19(28)18(27)23(20(24)29)11-16(25)22-14-8-5-7-13(10-14)17(26)21-2/h5,7-8,10,12,15H,3-4,6,9,11H2,1-2H3,(H,21,26)(H,22,25)/t12-,15-/m0/s1. The lowest BCUT2D eigenvalue weighted by molar-refractivity contribution is -0.145. The number of carbonyl (C=O) groups is 5.